The number of amides is 1. The van der Waals surface area contributed by atoms with Crippen LogP contribution in [0.4, 0.5) is 18.9 Å². The Bertz CT molecular complexity index is 1000. The second-order valence-electron chi connectivity index (χ2n) is 8.27. The number of benzene rings is 1. The van der Waals surface area contributed by atoms with Crippen LogP contribution in [0.25, 0.3) is 0 Å². The summed E-state index contributed by atoms with van der Waals surface area (Å²) in [6.45, 7) is 7.41. The molecule has 2 aliphatic heterocycles. The molecule has 2 saturated heterocycles. The Kier molecular flexibility index (Phi) is 7.16. The van der Waals surface area contributed by atoms with Gasteiger partial charge < -0.3 is 14.5 Å². The third-order valence-corrected chi connectivity index (χ3v) is 6.78. The largest absolute Gasteiger partial charge is 0.474 e. The van der Waals surface area contributed by atoms with Gasteiger partial charge in [-0.05, 0) is 56.5 Å². The molecule has 12 heteroatoms. The van der Waals surface area contributed by atoms with Gasteiger partial charge in [-0.3, -0.25) is 14.6 Å². The van der Waals surface area contributed by atoms with Crippen molar-refractivity contribution in [3.8, 4) is 6.07 Å². The minimum absolute atomic E-state index is 0.00593. The number of anilines is 1. The first-order valence-corrected chi connectivity index (χ1v) is 11.1. The molecule has 7 nitrogen and oxygen atoms in total. The van der Waals surface area contributed by atoms with Gasteiger partial charge in [0.15, 0.2) is 5.11 Å². The van der Waals surface area contributed by atoms with Gasteiger partial charge in [0.1, 0.15) is 5.54 Å². The molecule has 33 heavy (non-hydrogen) atoms. The fourth-order valence-corrected chi connectivity index (χ4v) is 4.66. The summed E-state index contributed by atoms with van der Waals surface area (Å²) in [5, 5.41) is 9.63. The minimum Gasteiger partial charge on any atom is -0.474 e. The van der Waals surface area contributed by atoms with E-state index in [1.807, 2.05) is 4.90 Å². The molecule has 1 aromatic rings. The molecule has 0 radical (unpaired) electrons. The predicted octanol–water partition coefficient (Wildman–Crippen LogP) is 2.84. The van der Waals surface area contributed by atoms with Crippen molar-refractivity contribution in [1.82, 2.24) is 14.7 Å². The maximum Gasteiger partial charge on any atom is 0.417 e. The highest BCUT2D eigenvalue weighted by Gasteiger charge is 2.49. The van der Waals surface area contributed by atoms with E-state index >= 15 is 0 Å². The Morgan fingerprint density at radius 2 is 1.85 bits per heavy atom. The van der Waals surface area contributed by atoms with E-state index in [0.717, 1.165) is 43.2 Å². The van der Waals surface area contributed by atoms with E-state index in [-0.39, 0.29) is 10.8 Å². The van der Waals surface area contributed by atoms with Crippen LogP contribution in [0.1, 0.15) is 25.0 Å². The lowest BCUT2D eigenvalue weighted by Crippen LogP contribution is -2.52. The quantitative estimate of drug-likeness (QED) is 0.587. The number of nitriles is 1. The first kappa shape index (κ1) is 25.1. The summed E-state index contributed by atoms with van der Waals surface area (Å²) in [7, 11) is 1.54. The molecule has 178 valence electrons. The van der Waals surface area contributed by atoms with E-state index in [1.54, 1.807) is 31.9 Å². The molecule has 1 amide bonds. The number of alkyl halides is 3. The summed E-state index contributed by atoms with van der Waals surface area (Å²) < 4.78 is 45.4. The number of carbonyl (C=O) groups is 1. The van der Waals surface area contributed by atoms with Crippen molar-refractivity contribution in [2.75, 3.05) is 51.3 Å². The van der Waals surface area contributed by atoms with Gasteiger partial charge in [0, 0.05) is 39.3 Å². The summed E-state index contributed by atoms with van der Waals surface area (Å²) in [5.74, 6) is -0.416. The molecule has 0 bridgehead atoms. The molecule has 2 heterocycles. The molecule has 0 spiro atoms. The molecular weight excluding hydrogens is 475 g/mol. The number of hydrogen-bond acceptors (Lipinski definition) is 6. The highest BCUT2D eigenvalue weighted by molar-refractivity contribution is 7.80. The first-order valence-electron chi connectivity index (χ1n) is 10.2. The molecule has 0 saturated carbocycles. The SMILES string of the molecule is COC(=S)N1CCN(CCN2C(=S)N(c3ccc(C#N)c(C(F)(F)F)c3)C(=O)C2(C)C)CC1. The summed E-state index contributed by atoms with van der Waals surface area (Å²) in [5.41, 5.74) is -2.63. The maximum absolute atomic E-state index is 13.4. The van der Waals surface area contributed by atoms with Gasteiger partial charge in [-0.25, -0.2) is 0 Å². The number of methoxy groups -OCH3 is 1. The van der Waals surface area contributed by atoms with Crippen LogP contribution in [0.5, 0.6) is 0 Å². The zero-order valence-electron chi connectivity index (χ0n) is 18.5. The highest BCUT2D eigenvalue weighted by Crippen LogP contribution is 2.37. The zero-order valence-corrected chi connectivity index (χ0v) is 20.1. The summed E-state index contributed by atoms with van der Waals surface area (Å²) in [4.78, 5) is 20.2. The molecule has 0 unspecified atom stereocenters. The molecular formula is C21H24F3N5O2S2. The fourth-order valence-electron chi connectivity index (χ4n) is 3.97. The molecule has 0 aliphatic carbocycles. The lowest BCUT2D eigenvalue weighted by molar-refractivity contribution is -0.137. The smallest absolute Gasteiger partial charge is 0.417 e. The number of piperazine rings is 1. The van der Waals surface area contributed by atoms with Crippen LogP contribution in [0.15, 0.2) is 18.2 Å². The Balaban J connectivity index is 1.76. The topological polar surface area (TPSA) is 63.1 Å². The van der Waals surface area contributed by atoms with Crippen LogP contribution in [0, 0.1) is 11.3 Å². The van der Waals surface area contributed by atoms with Gasteiger partial charge in [-0.2, -0.15) is 18.4 Å². The Hall–Kier alpha value is -2.49. The minimum atomic E-state index is -4.73. The Morgan fingerprint density at radius 3 is 2.39 bits per heavy atom. The standard InChI is InChI=1S/C21H24F3N5O2S2/c1-20(2)17(30)29(15-5-4-14(13-25)16(12-15)21(22,23)24)18(32)28(20)11-8-26-6-9-27(10-7-26)19(33)31-3/h4-5,12H,6-11H2,1-3H3. The average Bonchev–Trinajstić information content (AvgIpc) is 2.94. The van der Waals surface area contributed by atoms with Gasteiger partial charge in [0.05, 0.1) is 30.0 Å². The van der Waals surface area contributed by atoms with Gasteiger partial charge in [-0.1, -0.05) is 0 Å². The molecule has 2 aliphatic rings. The second-order valence-corrected chi connectivity index (χ2v) is 8.99. The molecule has 0 atom stereocenters. The van der Waals surface area contributed by atoms with Crippen molar-refractivity contribution < 1.29 is 22.7 Å². The van der Waals surface area contributed by atoms with Crippen LogP contribution in [0.3, 0.4) is 0 Å². The van der Waals surface area contributed by atoms with Crippen LogP contribution in [-0.4, -0.2) is 82.8 Å². The number of thiocarbonyl (C=S) groups is 2. The molecule has 2 fully saturated rings. The lowest BCUT2D eigenvalue weighted by atomic mass is 10.0. The van der Waals surface area contributed by atoms with E-state index in [0.29, 0.717) is 18.3 Å². The van der Waals surface area contributed by atoms with Crippen molar-refractivity contribution in [2.45, 2.75) is 25.6 Å². The van der Waals surface area contributed by atoms with Crippen molar-refractivity contribution in [2.24, 2.45) is 0 Å². The van der Waals surface area contributed by atoms with Crippen LogP contribution >= 0.6 is 24.4 Å². The number of ether oxygens (including phenoxy) is 1. The molecule has 1 aromatic carbocycles. The van der Waals surface area contributed by atoms with Gasteiger partial charge in [-0.15, -0.1) is 0 Å². The third kappa shape index (κ3) is 4.90. The van der Waals surface area contributed by atoms with E-state index in [2.05, 4.69) is 4.90 Å². The number of nitrogens with zero attached hydrogens (tertiary/aromatic N) is 5. The van der Waals surface area contributed by atoms with Crippen molar-refractivity contribution >= 4 is 46.3 Å². The van der Waals surface area contributed by atoms with Gasteiger partial charge in [0.2, 0.25) is 0 Å². The monoisotopic (exact) mass is 499 g/mol. The van der Waals surface area contributed by atoms with E-state index < -0.39 is 28.7 Å². The van der Waals surface area contributed by atoms with E-state index in [4.69, 9.17) is 34.4 Å². The Morgan fingerprint density at radius 1 is 1.21 bits per heavy atom. The predicted molar refractivity (Wildman–Crippen MR) is 125 cm³/mol. The summed E-state index contributed by atoms with van der Waals surface area (Å²) in [6.07, 6.45) is -4.73. The number of halogens is 3. The van der Waals surface area contributed by atoms with E-state index in [9.17, 15) is 18.0 Å². The summed E-state index contributed by atoms with van der Waals surface area (Å²) >= 11 is 10.7. The molecule has 0 aromatic heterocycles. The average molecular weight is 500 g/mol. The molecule has 3 rings (SSSR count). The second kappa shape index (κ2) is 9.40. The highest BCUT2D eigenvalue weighted by atomic mass is 32.1. The number of carbonyl (C=O) groups excluding carboxylic acids is 1. The van der Waals surface area contributed by atoms with Crippen molar-refractivity contribution in [3.63, 3.8) is 0 Å². The maximum atomic E-state index is 13.4. The lowest BCUT2D eigenvalue weighted by Gasteiger charge is -2.37. The number of hydrogen-bond donors (Lipinski definition) is 0. The third-order valence-electron chi connectivity index (χ3n) is 5.96. The first-order chi connectivity index (χ1) is 15.4. The van der Waals surface area contributed by atoms with Gasteiger partial charge >= 0.3 is 6.18 Å². The van der Waals surface area contributed by atoms with E-state index in [1.165, 1.54) is 6.07 Å². The normalized spacial score (nSPS) is 19.1. The van der Waals surface area contributed by atoms with Crippen molar-refractivity contribution in [1.29, 1.82) is 5.26 Å². The molecule has 0 N–H and O–H groups in total. The Labute approximate surface area is 201 Å². The van der Waals surface area contributed by atoms with Crippen molar-refractivity contribution in [3.05, 3.63) is 29.3 Å². The van der Waals surface area contributed by atoms with Crippen LogP contribution < -0.4 is 4.90 Å². The summed E-state index contributed by atoms with van der Waals surface area (Å²) in [6, 6.07) is 4.73. The van der Waals surface area contributed by atoms with Crippen LogP contribution in [0.2, 0.25) is 0 Å². The van der Waals surface area contributed by atoms with Crippen LogP contribution in [-0.2, 0) is 15.7 Å². The van der Waals surface area contributed by atoms with Gasteiger partial charge in [0.25, 0.3) is 11.1 Å². The zero-order chi connectivity index (χ0) is 24.6. The number of rotatable bonds is 4. The fraction of sp³-hybridized carbons (Fsp3) is 0.524.